The van der Waals surface area contributed by atoms with Crippen LogP contribution in [0.25, 0.3) is 11.3 Å². The summed E-state index contributed by atoms with van der Waals surface area (Å²) in [6, 6.07) is 2.38. The first-order valence-corrected chi connectivity index (χ1v) is 10.6. The molecule has 0 unspecified atom stereocenters. The molecule has 0 atom stereocenters. The van der Waals surface area contributed by atoms with Gasteiger partial charge in [-0.2, -0.15) is 5.10 Å². The summed E-state index contributed by atoms with van der Waals surface area (Å²) in [6.07, 6.45) is 10.9. The van der Waals surface area contributed by atoms with Crippen molar-refractivity contribution in [2.24, 2.45) is 0 Å². The van der Waals surface area contributed by atoms with Crippen LogP contribution in [0.3, 0.4) is 0 Å². The van der Waals surface area contributed by atoms with E-state index >= 15 is 0 Å². The lowest BCUT2D eigenvalue weighted by Gasteiger charge is -2.29. The number of nitrogens with zero attached hydrogens (tertiary/aromatic N) is 4. The van der Waals surface area contributed by atoms with Gasteiger partial charge in [-0.25, -0.2) is 9.97 Å². The Hall–Kier alpha value is -2.94. The predicted molar refractivity (Wildman–Crippen MR) is 107 cm³/mol. The van der Waals surface area contributed by atoms with Gasteiger partial charge in [-0.05, 0) is 31.7 Å². The maximum atomic E-state index is 12.7. The zero-order valence-corrected chi connectivity index (χ0v) is 16.6. The van der Waals surface area contributed by atoms with Crippen molar-refractivity contribution in [2.45, 2.75) is 37.8 Å². The number of fused-ring (bicyclic) bond motifs is 1. The minimum absolute atomic E-state index is 0.0738. The molecular formula is C20H21N5O3S. The summed E-state index contributed by atoms with van der Waals surface area (Å²) >= 11 is 1.37. The lowest BCUT2D eigenvalue weighted by atomic mass is 9.91. The molecule has 0 bridgehead atoms. The Balaban J connectivity index is 1.18. The van der Waals surface area contributed by atoms with E-state index in [1.807, 2.05) is 28.5 Å². The second kappa shape index (κ2) is 7.82. The molecule has 0 saturated heterocycles. The van der Waals surface area contributed by atoms with Gasteiger partial charge in [0.25, 0.3) is 5.91 Å². The number of hydrogen-bond donors (Lipinski definition) is 1. The van der Waals surface area contributed by atoms with Gasteiger partial charge in [-0.15, -0.1) is 11.3 Å². The van der Waals surface area contributed by atoms with Crippen LogP contribution in [0.2, 0.25) is 0 Å². The van der Waals surface area contributed by atoms with E-state index in [1.165, 1.54) is 11.3 Å². The van der Waals surface area contributed by atoms with Crippen molar-refractivity contribution in [3.63, 3.8) is 0 Å². The SMILES string of the molecule is O=C(NC1CCC(n2cc(-c3ccncn3)cn2)CC1)c1scc2c1OCCO2. The number of carbonyl (C=O) groups is 1. The molecule has 0 aromatic carbocycles. The van der Waals surface area contributed by atoms with E-state index in [0.29, 0.717) is 35.6 Å². The van der Waals surface area contributed by atoms with Gasteiger partial charge in [0, 0.05) is 29.4 Å². The molecule has 9 heteroatoms. The zero-order valence-electron chi connectivity index (χ0n) is 15.8. The minimum Gasteiger partial charge on any atom is -0.485 e. The Morgan fingerprint density at radius 1 is 1.21 bits per heavy atom. The summed E-state index contributed by atoms with van der Waals surface area (Å²) in [6.45, 7) is 1.01. The van der Waals surface area contributed by atoms with Crippen LogP contribution in [0, 0.1) is 0 Å². The maximum Gasteiger partial charge on any atom is 0.265 e. The summed E-state index contributed by atoms with van der Waals surface area (Å²) in [4.78, 5) is 21.5. The van der Waals surface area contributed by atoms with Crippen LogP contribution >= 0.6 is 11.3 Å². The first-order chi connectivity index (χ1) is 14.3. The van der Waals surface area contributed by atoms with Gasteiger partial charge in [0.15, 0.2) is 11.5 Å². The van der Waals surface area contributed by atoms with E-state index in [9.17, 15) is 4.79 Å². The quantitative estimate of drug-likeness (QED) is 0.709. The average molecular weight is 411 g/mol. The van der Waals surface area contributed by atoms with Crippen LogP contribution in [0.1, 0.15) is 41.4 Å². The minimum atomic E-state index is -0.0738. The molecule has 4 heterocycles. The second-order valence-electron chi connectivity index (χ2n) is 7.24. The summed E-state index contributed by atoms with van der Waals surface area (Å²) < 4.78 is 13.2. The molecule has 150 valence electrons. The third kappa shape index (κ3) is 3.69. The number of amides is 1. The molecule has 1 N–H and O–H groups in total. The molecule has 3 aromatic heterocycles. The highest BCUT2D eigenvalue weighted by molar-refractivity contribution is 7.12. The maximum absolute atomic E-state index is 12.7. The Bertz CT molecular complexity index is 995. The lowest BCUT2D eigenvalue weighted by Crippen LogP contribution is -2.38. The molecule has 1 aliphatic carbocycles. The number of nitrogens with one attached hydrogen (secondary N) is 1. The van der Waals surface area contributed by atoms with Crippen LogP contribution in [0.5, 0.6) is 11.5 Å². The largest absolute Gasteiger partial charge is 0.485 e. The summed E-state index contributed by atoms with van der Waals surface area (Å²) in [7, 11) is 0. The molecule has 3 aromatic rings. The molecule has 0 spiro atoms. The molecule has 1 fully saturated rings. The molecule has 29 heavy (non-hydrogen) atoms. The smallest absolute Gasteiger partial charge is 0.265 e. The van der Waals surface area contributed by atoms with Crippen molar-refractivity contribution >= 4 is 17.2 Å². The predicted octanol–water partition coefficient (Wildman–Crippen LogP) is 3.09. The molecule has 1 amide bonds. The van der Waals surface area contributed by atoms with E-state index in [0.717, 1.165) is 36.9 Å². The van der Waals surface area contributed by atoms with E-state index < -0.39 is 0 Å². The number of carbonyl (C=O) groups excluding carboxylic acids is 1. The number of hydrogen-bond acceptors (Lipinski definition) is 7. The van der Waals surface area contributed by atoms with Crippen LogP contribution in [0.15, 0.2) is 36.4 Å². The summed E-state index contributed by atoms with van der Waals surface area (Å²) in [5, 5.41) is 9.54. The van der Waals surface area contributed by atoms with Crippen LogP contribution in [-0.4, -0.2) is 44.9 Å². The fourth-order valence-electron chi connectivity index (χ4n) is 3.89. The van der Waals surface area contributed by atoms with Gasteiger partial charge < -0.3 is 14.8 Å². The fraction of sp³-hybridized carbons (Fsp3) is 0.400. The summed E-state index contributed by atoms with van der Waals surface area (Å²) in [5.74, 6) is 1.19. The third-order valence-electron chi connectivity index (χ3n) is 5.39. The van der Waals surface area contributed by atoms with Crippen molar-refractivity contribution in [2.75, 3.05) is 13.2 Å². The Morgan fingerprint density at radius 2 is 2.07 bits per heavy atom. The van der Waals surface area contributed by atoms with Crippen molar-refractivity contribution in [1.29, 1.82) is 0 Å². The number of aromatic nitrogens is 4. The summed E-state index contributed by atoms with van der Waals surface area (Å²) in [5.41, 5.74) is 1.87. The lowest BCUT2D eigenvalue weighted by molar-refractivity contribution is 0.0917. The standard InChI is InChI=1S/C20H21N5O3S/c26-20(19-18-17(11-29-19)27-7-8-28-18)24-14-1-3-15(4-2-14)25-10-13(9-23-25)16-5-6-21-12-22-16/h5-6,9-12,14-15H,1-4,7-8H2,(H,24,26). The van der Waals surface area contributed by atoms with E-state index in [-0.39, 0.29) is 11.9 Å². The Labute approximate surface area is 171 Å². The van der Waals surface area contributed by atoms with Gasteiger partial charge in [-0.3, -0.25) is 9.48 Å². The third-order valence-corrected chi connectivity index (χ3v) is 6.33. The molecule has 2 aliphatic rings. The van der Waals surface area contributed by atoms with Crippen LogP contribution in [-0.2, 0) is 0 Å². The first kappa shape index (κ1) is 18.1. The molecular weight excluding hydrogens is 390 g/mol. The second-order valence-corrected chi connectivity index (χ2v) is 8.12. The number of rotatable bonds is 4. The van der Waals surface area contributed by atoms with E-state index in [1.54, 1.807) is 12.5 Å². The van der Waals surface area contributed by atoms with Crippen molar-refractivity contribution in [3.8, 4) is 22.8 Å². The normalized spacial score (nSPS) is 21.0. The highest BCUT2D eigenvalue weighted by Gasteiger charge is 2.28. The average Bonchev–Trinajstić information content (AvgIpc) is 3.43. The Kier molecular flexibility index (Phi) is 4.89. The highest BCUT2D eigenvalue weighted by atomic mass is 32.1. The van der Waals surface area contributed by atoms with Crippen molar-refractivity contribution in [3.05, 3.63) is 41.2 Å². The molecule has 1 saturated carbocycles. The van der Waals surface area contributed by atoms with Gasteiger partial charge in [0.05, 0.1) is 17.9 Å². The first-order valence-electron chi connectivity index (χ1n) is 9.76. The fourth-order valence-corrected chi connectivity index (χ4v) is 4.72. The van der Waals surface area contributed by atoms with Gasteiger partial charge in [0.1, 0.15) is 24.4 Å². The van der Waals surface area contributed by atoms with Crippen molar-refractivity contribution < 1.29 is 14.3 Å². The number of thiophene rings is 1. The zero-order chi connectivity index (χ0) is 19.6. The Morgan fingerprint density at radius 3 is 2.90 bits per heavy atom. The number of ether oxygens (including phenoxy) is 2. The van der Waals surface area contributed by atoms with E-state index in [2.05, 4.69) is 20.4 Å². The van der Waals surface area contributed by atoms with Gasteiger partial charge in [-0.1, -0.05) is 0 Å². The monoisotopic (exact) mass is 411 g/mol. The van der Waals surface area contributed by atoms with Crippen LogP contribution < -0.4 is 14.8 Å². The topological polar surface area (TPSA) is 91.2 Å². The molecule has 0 radical (unpaired) electrons. The molecule has 1 aliphatic heterocycles. The van der Waals surface area contributed by atoms with Crippen molar-refractivity contribution in [1.82, 2.24) is 25.1 Å². The van der Waals surface area contributed by atoms with E-state index in [4.69, 9.17) is 9.47 Å². The van der Waals surface area contributed by atoms with Gasteiger partial charge >= 0.3 is 0 Å². The van der Waals surface area contributed by atoms with Gasteiger partial charge in [0.2, 0.25) is 0 Å². The van der Waals surface area contributed by atoms with Crippen LogP contribution in [0.4, 0.5) is 0 Å². The highest BCUT2D eigenvalue weighted by Crippen LogP contribution is 2.39. The molecule has 8 nitrogen and oxygen atoms in total. The molecule has 5 rings (SSSR count).